The maximum absolute atomic E-state index is 12.5. The van der Waals surface area contributed by atoms with E-state index >= 15 is 0 Å². The molecule has 0 radical (unpaired) electrons. The van der Waals surface area contributed by atoms with Crippen molar-refractivity contribution in [3.8, 4) is 0 Å². The molecule has 0 aliphatic carbocycles. The lowest BCUT2D eigenvalue weighted by atomic mass is 10.2. The van der Waals surface area contributed by atoms with E-state index in [1.165, 1.54) is 12.1 Å². The molecule has 0 aliphatic heterocycles. The number of carbonyl (C=O) groups is 1. The topological polar surface area (TPSA) is 33.2 Å². The smallest absolute Gasteiger partial charge is 0.254 e. The van der Waals surface area contributed by atoms with Gasteiger partial charge in [-0.3, -0.25) is 4.79 Å². The summed E-state index contributed by atoms with van der Waals surface area (Å²) >= 11 is 17.8. The van der Waals surface area contributed by atoms with Gasteiger partial charge in [-0.2, -0.15) is 0 Å². The van der Waals surface area contributed by atoms with Crippen LogP contribution in [0.25, 0.3) is 0 Å². The van der Waals surface area contributed by atoms with Crippen LogP contribution in [0.2, 0.25) is 15.3 Å². The van der Waals surface area contributed by atoms with Gasteiger partial charge >= 0.3 is 0 Å². The molecule has 1 amide bonds. The average molecular weight is 344 g/mol. The second-order valence-electron chi connectivity index (χ2n) is 4.41. The average Bonchev–Trinajstić information content (AvgIpc) is 2.44. The van der Waals surface area contributed by atoms with Gasteiger partial charge in [-0.1, -0.05) is 53.0 Å². The fourth-order valence-electron chi connectivity index (χ4n) is 1.93. The maximum atomic E-state index is 12.5. The standard InChI is InChI=1S/C15H13Cl3N2O/c1-2-20(9-10-5-3-4-6-12(10)16)15(21)11-7-13(17)19-14(18)8-11/h3-8H,2,9H2,1H3. The van der Waals surface area contributed by atoms with Crippen molar-refractivity contribution in [1.82, 2.24) is 9.88 Å². The predicted octanol–water partition coefficient (Wildman–Crippen LogP) is 4.70. The summed E-state index contributed by atoms with van der Waals surface area (Å²) in [6, 6.07) is 10.4. The highest BCUT2D eigenvalue weighted by Gasteiger charge is 2.17. The molecule has 0 spiro atoms. The molecule has 0 fully saturated rings. The van der Waals surface area contributed by atoms with Gasteiger partial charge in [0.15, 0.2) is 0 Å². The number of hydrogen-bond acceptors (Lipinski definition) is 2. The number of benzene rings is 1. The van der Waals surface area contributed by atoms with E-state index in [1.54, 1.807) is 11.0 Å². The van der Waals surface area contributed by atoms with E-state index in [9.17, 15) is 4.79 Å². The molecule has 0 saturated heterocycles. The number of nitrogens with zero attached hydrogens (tertiary/aromatic N) is 2. The minimum Gasteiger partial charge on any atom is -0.335 e. The summed E-state index contributed by atoms with van der Waals surface area (Å²) in [5.74, 6) is -0.163. The van der Waals surface area contributed by atoms with Crippen molar-refractivity contribution in [3.05, 3.63) is 62.9 Å². The van der Waals surface area contributed by atoms with Crippen molar-refractivity contribution in [1.29, 1.82) is 0 Å². The van der Waals surface area contributed by atoms with Crippen molar-refractivity contribution in [2.24, 2.45) is 0 Å². The van der Waals surface area contributed by atoms with E-state index in [4.69, 9.17) is 34.8 Å². The SMILES string of the molecule is CCN(Cc1ccccc1Cl)C(=O)c1cc(Cl)nc(Cl)c1. The van der Waals surface area contributed by atoms with Gasteiger partial charge in [0.2, 0.25) is 0 Å². The van der Waals surface area contributed by atoms with Crippen molar-refractivity contribution >= 4 is 40.7 Å². The first-order valence-corrected chi connectivity index (χ1v) is 7.50. The Balaban J connectivity index is 2.24. The zero-order valence-corrected chi connectivity index (χ0v) is 13.6. The molecule has 110 valence electrons. The Labute approximate surface area is 138 Å². The van der Waals surface area contributed by atoms with Crippen LogP contribution in [0.5, 0.6) is 0 Å². The van der Waals surface area contributed by atoms with E-state index in [1.807, 2.05) is 25.1 Å². The number of halogens is 3. The highest BCUT2D eigenvalue weighted by Crippen LogP contribution is 2.20. The van der Waals surface area contributed by atoms with Crippen LogP contribution >= 0.6 is 34.8 Å². The lowest BCUT2D eigenvalue weighted by Gasteiger charge is -2.21. The molecule has 21 heavy (non-hydrogen) atoms. The second kappa shape index (κ2) is 7.12. The summed E-state index contributed by atoms with van der Waals surface area (Å²) in [6.07, 6.45) is 0. The third kappa shape index (κ3) is 4.10. The molecule has 3 nitrogen and oxygen atoms in total. The van der Waals surface area contributed by atoms with Gasteiger partial charge in [0.05, 0.1) is 0 Å². The lowest BCUT2D eigenvalue weighted by molar-refractivity contribution is 0.0752. The number of pyridine rings is 1. The van der Waals surface area contributed by atoms with E-state index in [0.717, 1.165) is 5.56 Å². The zero-order valence-electron chi connectivity index (χ0n) is 11.3. The Bertz CT molecular complexity index is 641. The first kappa shape index (κ1) is 16.1. The number of aromatic nitrogens is 1. The van der Waals surface area contributed by atoms with Crippen molar-refractivity contribution in [2.75, 3.05) is 6.54 Å². The van der Waals surface area contributed by atoms with Crippen molar-refractivity contribution in [2.45, 2.75) is 13.5 Å². The number of carbonyl (C=O) groups excluding carboxylic acids is 1. The first-order chi connectivity index (χ1) is 10.0. The second-order valence-corrected chi connectivity index (χ2v) is 5.59. The third-order valence-electron chi connectivity index (χ3n) is 3.00. The van der Waals surface area contributed by atoms with Gasteiger partial charge in [-0.05, 0) is 30.7 Å². The summed E-state index contributed by atoms with van der Waals surface area (Å²) < 4.78 is 0. The molecule has 0 aliphatic rings. The third-order valence-corrected chi connectivity index (χ3v) is 3.75. The summed E-state index contributed by atoms with van der Waals surface area (Å²) in [4.78, 5) is 18.0. The number of amides is 1. The highest BCUT2D eigenvalue weighted by atomic mass is 35.5. The summed E-state index contributed by atoms with van der Waals surface area (Å²) in [6.45, 7) is 2.87. The van der Waals surface area contributed by atoms with Gasteiger partial charge < -0.3 is 4.90 Å². The fourth-order valence-corrected chi connectivity index (χ4v) is 2.59. The summed E-state index contributed by atoms with van der Waals surface area (Å²) in [5, 5.41) is 1.02. The first-order valence-electron chi connectivity index (χ1n) is 6.37. The highest BCUT2D eigenvalue weighted by molar-refractivity contribution is 6.33. The minimum absolute atomic E-state index is 0.163. The molecule has 2 aromatic rings. The Hall–Kier alpha value is -1.29. The number of hydrogen-bond donors (Lipinski definition) is 0. The Morgan fingerprint density at radius 2 is 1.76 bits per heavy atom. The van der Waals surface area contributed by atoms with Crippen LogP contribution in [-0.4, -0.2) is 22.3 Å². The molecule has 2 rings (SSSR count). The fraction of sp³-hybridized carbons (Fsp3) is 0.200. The van der Waals surface area contributed by atoms with E-state index in [2.05, 4.69) is 4.98 Å². The monoisotopic (exact) mass is 342 g/mol. The molecule has 1 heterocycles. The molecule has 6 heteroatoms. The van der Waals surface area contributed by atoms with Crippen LogP contribution in [0.15, 0.2) is 36.4 Å². The molecular weight excluding hydrogens is 331 g/mol. The van der Waals surface area contributed by atoms with Gasteiger partial charge in [0.1, 0.15) is 10.3 Å². The number of rotatable bonds is 4. The van der Waals surface area contributed by atoms with Gasteiger partial charge in [0, 0.05) is 23.7 Å². The van der Waals surface area contributed by atoms with Gasteiger partial charge in [-0.15, -0.1) is 0 Å². The molecule has 1 aromatic heterocycles. The van der Waals surface area contributed by atoms with Crippen LogP contribution in [0.3, 0.4) is 0 Å². The molecule has 0 saturated carbocycles. The van der Waals surface area contributed by atoms with Crippen LogP contribution in [-0.2, 0) is 6.54 Å². The lowest BCUT2D eigenvalue weighted by Crippen LogP contribution is -2.30. The summed E-state index contributed by atoms with van der Waals surface area (Å²) in [7, 11) is 0. The Kier molecular flexibility index (Phi) is 5.45. The largest absolute Gasteiger partial charge is 0.335 e. The van der Waals surface area contributed by atoms with Crippen LogP contribution in [0, 0.1) is 0 Å². The van der Waals surface area contributed by atoms with Gasteiger partial charge in [0.25, 0.3) is 5.91 Å². The minimum atomic E-state index is -0.163. The van der Waals surface area contributed by atoms with Crippen LogP contribution in [0.1, 0.15) is 22.8 Å². The molecule has 1 aromatic carbocycles. The van der Waals surface area contributed by atoms with Gasteiger partial charge in [-0.25, -0.2) is 4.98 Å². The predicted molar refractivity (Wildman–Crippen MR) is 86.1 cm³/mol. The molecule has 0 atom stereocenters. The van der Waals surface area contributed by atoms with E-state index < -0.39 is 0 Å². The summed E-state index contributed by atoms with van der Waals surface area (Å²) in [5.41, 5.74) is 1.30. The van der Waals surface area contributed by atoms with Crippen molar-refractivity contribution in [3.63, 3.8) is 0 Å². The van der Waals surface area contributed by atoms with Crippen molar-refractivity contribution < 1.29 is 4.79 Å². The van der Waals surface area contributed by atoms with Crippen LogP contribution < -0.4 is 0 Å². The molecule has 0 bridgehead atoms. The quantitative estimate of drug-likeness (QED) is 0.754. The Morgan fingerprint density at radius 1 is 1.14 bits per heavy atom. The molecular formula is C15H13Cl3N2O. The molecule has 0 unspecified atom stereocenters. The van der Waals surface area contributed by atoms with Crippen LogP contribution in [0.4, 0.5) is 0 Å². The van der Waals surface area contributed by atoms with E-state index in [0.29, 0.717) is 23.7 Å². The Morgan fingerprint density at radius 3 is 2.33 bits per heavy atom. The normalized spacial score (nSPS) is 10.5. The zero-order chi connectivity index (χ0) is 15.4. The molecule has 0 N–H and O–H groups in total. The maximum Gasteiger partial charge on any atom is 0.254 e. The van der Waals surface area contributed by atoms with E-state index in [-0.39, 0.29) is 16.2 Å².